The Morgan fingerprint density at radius 3 is 2.52 bits per heavy atom. The quantitative estimate of drug-likeness (QED) is 0.248. The number of fused-ring (bicyclic) bond motifs is 2. The van der Waals surface area contributed by atoms with Crippen molar-refractivity contribution in [3.05, 3.63) is 0 Å². The van der Waals surface area contributed by atoms with Gasteiger partial charge in [0.1, 0.15) is 6.61 Å². The standard InChI is InChI=1S/C21H39NO4S/c1-3-4-5-8-14-27-15-12-18-17(19-10-11-20(18)26-19)9-6-7-13-25-16-21(23)22(2)24/h17-20,24H,3-16H2,1-2H3/t17-,18+,19-,20+/m1/s1. The van der Waals surface area contributed by atoms with E-state index >= 15 is 0 Å². The molecule has 0 saturated carbocycles. The first-order chi connectivity index (χ1) is 13.1. The van der Waals surface area contributed by atoms with Crippen molar-refractivity contribution in [2.24, 2.45) is 11.8 Å². The van der Waals surface area contributed by atoms with Gasteiger partial charge in [0.05, 0.1) is 12.2 Å². The Balaban J connectivity index is 1.56. The number of hydroxylamine groups is 2. The lowest BCUT2D eigenvalue weighted by molar-refractivity contribution is -0.164. The molecule has 5 nitrogen and oxygen atoms in total. The van der Waals surface area contributed by atoms with Gasteiger partial charge in [-0.15, -0.1) is 0 Å². The normalized spacial score (nSPS) is 26.6. The molecule has 4 atom stereocenters. The average molecular weight is 402 g/mol. The minimum absolute atomic E-state index is 0.0393. The van der Waals surface area contributed by atoms with Gasteiger partial charge in [-0.2, -0.15) is 11.8 Å². The van der Waals surface area contributed by atoms with Crippen LogP contribution in [0.3, 0.4) is 0 Å². The van der Waals surface area contributed by atoms with Crippen LogP contribution >= 0.6 is 11.8 Å². The molecule has 0 aromatic rings. The number of hydrogen-bond acceptors (Lipinski definition) is 5. The summed E-state index contributed by atoms with van der Waals surface area (Å²) in [6.07, 6.45) is 13.5. The van der Waals surface area contributed by atoms with E-state index < -0.39 is 5.91 Å². The Bertz CT molecular complexity index is 421. The van der Waals surface area contributed by atoms with Gasteiger partial charge < -0.3 is 9.47 Å². The minimum Gasteiger partial charge on any atom is -0.374 e. The van der Waals surface area contributed by atoms with Crippen LogP contribution in [0, 0.1) is 11.8 Å². The molecule has 2 bridgehead atoms. The summed E-state index contributed by atoms with van der Waals surface area (Å²) < 4.78 is 11.6. The first-order valence-electron chi connectivity index (χ1n) is 10.9. The summed E-state index contributed by atoms with van der Waals surface area (Å²) in [7, 11) is 1.32. The van der Waals surface area contributed by atoms with E-state index in [1.165, 1.54) is 69.9 Å². The predicted molar refractivity (Wildman–Crippen MR) is 110 cm³/mol. The van der Waals surface area contributed by atoms with E-state index in [-0.39, 0.29) is 6.61 Å². The summed E-state index contributed by atoms with van der Waals surface area (Å²) in [4.78, 5) is 11.2. The molecule has 27 heavy (non-hydrogen) atoms. The number of amides is 1. The van der Waals surface area contributed by atoms with E-state index in [0.29, 0.717) is 23.9 Å². The number of carbonyl (C=O) groups is 1. The fourth-order valence-corrected chi connectivity index (χ4v) is 5.51. The van der Waals surface area contributed by atoms with Crippen LogP contribution < -0.4 is 0 Å². The Morgan fingerprint density at radius 2 is 1.81 bits per heavy atom. The Morgan fingerprint density at radius 1 is 1.07 bits per heavy atom. The monoisotopic (exact) mass is 401 g/mol. The fraction of sp³-hybridized carbons (Fsp3) is 0.952. The molecular weight excluding hydrogens is 362 g/mol. The van der Waals surface area contributed by atoms with E-state index in [2.05, 4.69) is 18.7 Å². The van der Waals surface area contributed by atoms with Crippen LogP contribution in [0.4, 0.5) is 0 Å². The molecule has 2 saturated heterocycles. The number of carbonyl (C=O) groups excluding carboxylic acids is 1. The number of likely N-dealkylation sites (N-methyl/N-ethyl adjacent to an activating group) is 1. The molecule has 0 unspecified atom stereocenters. The minimum atomic E-state index is -0.399. The van der Waals surface area contributed by atoms with Crippen molar-refractivity contribution < 1.29 is 19.5 Å². The largest absolute Gasteiger partial charge is 0.374 e. The highest BCUT2D eigenvalue weighted by atomic mass is 32.2. The van der Waals surface area contributed by atoms with Crippen LogP contribution in [0.2, 0.25) is 0 Å². The Kier molecular flexibility index (Phi) is 11.1. The van der Waals surface area contributed by atoms with Crippen molar-refractivity contribution in [3.8, 4) is 0 Å². The number of thioether (sulfide) groups is 1. The molecule has 6 heteroatoms. The van der Waals surface area contributed by atoms with Gasteiger partial charge in [0, 0.05) is 13.7 Å². The van der Waals surface area contributed by atoms with E-state index in [9.17, 15) is 4.79 Å². The van der Waals surface area contributed by atoms with Gasteiger partial charge in [0.2, 0.25) is 0 Å². The molecule has 0 aromatic heterocycles. The average Bonchev–Trinajstić information content (AvgIpc) is 3.25. The summed E-state index contributed by atoms with van der Waals surface area (Å²) >= 11 is 2.13. The number of nitrogens with zero attached hydrogens (tertiary/aromatic N) is 1. The Labute approximate surface area is 169 Å². The van der Waals surface area contributed by atoms with Gasteiger partial charge in [-0.25, -0.2) is 5.06 Å². The first-order valence-corrected chi connectivity index (χ1v) is 12.0. The number of unbranched alkanes of at least 4 members (excludes halogenated alkanes) is 4. The van der Waals surface area contributed by atoms with Crippen molar-refractivity contribution in [1.29, 1.82) is 0 Å². The van der Waals surface area contributed by atoms with E-state index in [0.717, 1.165) is 24.7 Å². The summed E-state index contributed by atoms with van der Waals surface area (Å²) in [5, 5.41) is 9.57. The van der Waals surface area contributed by atoms with Gasteiger partial charge in [0.15, 0.2) is 0 Å². The third-order valence-corrected chi connectivity index (χ3v) is 7.09. The van der Waals surface area contributed by atoms with Crippen LogP contribution in [0.15, 0.2) is 0 Å². The zero-order valence-electron chi connectivity index (χ0n) is 17.2. The molecule has 0 aromatic carbocycles. The van der Waals surface area contributed by atoms with Crippen molar-refractivity contribution in [2.45, 2.75) is 83.3 Å². The first kappa shape index (κ1) is 23.0. The topological polar surface area (TPSA) is 59.0 Å². The number of hydrogen-bond donors (Lipinski definition) is 1. The third-order valence-electron chi connectivity index (χ3n) is 5.99. The fourth-order valence-electron chi connectivity index (χ4n) is 4.46. The third kappa shape index (κ3) is 7.92. The van der Waals surface area contributed by atoms with Gasteiger partial charge in [-0.3, -0.25) is 10.0 Å². The molecule has 2 fully saturated rings. The smallest absolute Gasteiger partial charge is 0.271 e. The highest BCUT2D eigenvalue weighted by Crippen LogP contribution is 2.47. The van der Waals surface area contributed by atoms with Crippen LogP contribution in [0.5, 0.6) is 0 Å². The van der Waals surface area contributed by atoms with Crippen molar-refractivity contribution >= 4 is 17.7 Å². The maximum absolute atomic E-state index is 11.2. The van der Waals surface area contributed by atoms with Crippen molar-refractivity contribution in [1.82, 2.24) is 5.06 Å². The number of ether oxygens (including phenoxy) is 2. The zero-order valence-corrected chi connectivity index (χ0v) is 18.1. The molecule has 0 radical (unpaired) electrons. The summed E-state index contributed by atoms with van der Waals surface area (Å²) in [6, 6.07) is 0. The molecular formula is C21H39NO4S. The Hall–Kier alpha value is -0.300. The van der Waals surface area contributed by atoms with Gasteiger partial charge >= 0.3 is 0 Å². The van der Waals surface area contributed by atoms with Crippen LogP contribution in [-0.4, -0.2) is 60.2 Å². The highest BCUT2D eigenvalue weighted by Gasteiger charge is 2.47. The SMILES string of the molecule is CCCCCCSCC[C@H]1[C@@H](CCCCOCC(=O)N(C)O)[C@H]2CC[C@@H]1O2. The van der Waals surface area contributed by atoms with Crippen molar-refractivity contribution in [2.75, 3.05) is 31.8 Å². The second kappa shape index (κ2) is 13.0. The van der Waals surface area contributed by atoms with E-state index in [1.807, 2.05) is 0 Å². The number of rotatable bonds is 15. The summed E-state index contributed by atoms with van der Waals surface area (Å²) in [5.74, 6) is 3.65. The van der Waals surface area contributed by atoms with Crippen LogP contribution in [0.1, 0.15) is 71.1 Å². The molecule has 2 aliphatic rings. The summed E-state index contributed by atoms with van der Waals surface area (Å²) in [6.45, 7) is 2.81. The molecule has 1 N–H and O–H groups in total. The molecule has 2 aliphatic heterocycles. The maximum Gasteiger partial charge on any atom is 0.271 e. The molecule has 1 amide bonds. The second-order valence-corrected chi connectivity index (χ2v) is 9.27. The lowest BCUT2D eigenvalue weighted by Crippen LogP contribution is -2.28. The van der Waals surface area contributed by atoms with Gasteiger partial charge in [-0.05, 0) is 61.9 Å². The van der Waals surface area contributed by atoms with Crippen molar-refractivity contribution in [3.63, 3.8) is 0 Å². The lowest BCUT2D eigenvalue weighted by Gasteiger charge is -2.28. The second-order valence-electron chi connectivity index (χ2n) is 8.05. The molecule has 158 valence electrons. The maximum atomic E-state index is 11.2. The van der Waals surface area contributed by atoms with E-state index in [4.69, 9.17) is 14.7 Å². The van der Waals surface area contributed by atoms with Gasteiger partial charge in [-0.1, -0.05) is 32.6 Å². The molecule has 0 aliphatic carbocycles. The highest BCUT2D eigenvalue weighted by molar-refractivity contribution is 7.99. The lowest BCUT2D eigenvalue weighted by atomic mass is 9.75. The van der Waals surface area contributed by atoms with E-state index in [1.54, 1.807) is 0 Å². The predicted octanol–water partition coefficient (Wildman–Crippen LogP) is 4.52. The molecule has 2 rings (SSSR count). The molecule has 0 spiro atoms. The molecule has 2 heterocycles. The summed E-state index contributed by atoms with van der Waals surface area (Å²) in [5.41, 5.74) is 0. The van der Waals surface area contributed by atoms with Crippen LogP contribution in [-0.2, 0) is 14.3 Å². The van der Waals surface area contributed by atoms with Crippen LogP contribution in [0.25, 0.3) is 0 Å². The van der Waals surface area contributed by atoms with Gasteiger partial charge in [0.25, 0.3) is 5.91 Å². The zero-order chi connectivity index (χ0) is 19.5.